The van der Waals surface area contributed by atoms with E-state index < -0.39 is 4.92 Å². The van der Waals surface area contributed by atoms with Gasteiger partial charge in [0.15, 0.2) is 5.82 Å². The molecule has 0 fully saturated rings. The maximum Gasteiger partial charge on any atom is 0.276 e. The molecule has 0 aromatic carbocycles. The van der Waals surface area contributed by atoms with Gasteiger partial charge in [-0.25, -0.2) is 10.8 Å². The average Bonchev–Trinajstić information content (AvgIpc) is 2.81. The first kappa shape index (κ1) is 12.7. The smallest absolute Gasteiger partial charge is 0.276 e. The normalized spacial score (nSPS) is 10.2. The average molecular weight is 265 g/mol. The van der Waals surface area contributed by atoms with E-state index in [2.05, 4.69) is 25.9 Å². The van der Waals surface area contributed by atoms with Crippen LogP contribution in [-0.4, -0.2) is 20.0 Å². The van der Waals surface area contributed by atoms with Gasteiger partial charge in [0.25, 0.3) is 5.69 Å². The summed E-state index contributed by atoms with van der Waals surface area (Å²) in [5.41, 5.74) is 2.13. The van der Waals surface area contributed by atoms with Crippen LogP contribution in [0.4, 0.5) is 17.3 Å². The van der Waals surface area contributed by atoms with Crippen molar-refractivity contribution in [2.24, 2.45) is 5.84 Å². The van der Waals surface area contributed by atoms with Gasteiger partial charge in [-0.2, -0.15) is 4.98 Å². The molecular formula is C9H11N7O3. The van der Waals surface area contributed by atoms with Crippen LogP contribution in [0, 0.1) is 17.0 Å². The Labute approximate surface area is 107 Å². The summed E-state index contributed by atoms with van der Waals surface area (Å²) in [6.45, 7) is 1.90. The van der Waals surface area contributed by atoms with Gasteiger partial charge in [-0.1, -0.05) is 5.16 Å². The fourth-order valence-electron chi connectivity index (χ4n) is 1.37. The summed E-state index contributed by atoms with van der Waals surface area (Å²) in [5.74, 6) is 6.52. The highest BCUT2D eigenvalue weighted by atomic mass is 16.6. The molecule has 0 unspecified atom stereocenters. The zero-order valence-electron chi connectivity index (χ0n) is 9.95. The number of pyridine rings is 1. The van der Waals surface area contributed by atoms with Crippen LogP contribution in [0.3, 0.4) is 0 Å². The fraction of sp³-hybridized carbons (Fsp3) is 0.222. The summed E-state index contributed by atoms with van der Waals surface area (Å²) >= 11 is 0. The van der Waals surface area contributed by atoms with E-state index in [1.165, 1.54) is 12.1 Å². The fourth-order valence-corrected chi connectivity index (χ4v) is 1.37. The van der Waals surface area contributed by atoms with Crippen molar-refractivity contribution in [2.75, 3.05) is 10.7 Å². The van der Waals surface area contributed by atoms with Crippen molar-refractivity contribution in [3.05, 3.63) is 34.0 Å². The zero-order chi connectivity index (χ0) is 13.8. The highest BCUT2D eigenvalue weighted by Crippen LogP contribution is 2.20. The molecule has 10 heteroatoms. The second-order valence-electron chi connectivity index (χ2n) is 3.58. The summed E-state index contributed by atoms with van der Waals surface area (Å²) in [6.07, 6.45) is 0. The molecule has 0 atom stereocenters. The quantitative estimate of drug-likeness (QED) is 0.401. The Morgan fingerprint density at radius 1 is 1.42 bits per heavy atom. The number of nitrogen functional groups attached to an aromatic ring is 1. The number of hydrogen-bond donors (Lipinski definition) is 3. The highest BCUT2D eigenvalue weighted by Gasteiger charge is 2.11. The van der Waals surface area contributed by atoms with Crippen molar-refractivity contribution in [1.82, 2.24) is 15.1 Å². The molecule has 0 saturated heterocycles. The van der Waals surface area contributed by atoms with Gasteiger partial charge in [0.2, 0.25) is 5.89 Å². The molecule has 0 aliphatic carbocycles. The van der Waals surface area contributed by atoms with Gasteiger partial charge in [-0.3, -0.25) is 10.1 Å². The Kier molecular flexibility index (Phi) is 3.52. The molecule has 10 nitrogen and oxygen atoms in total. The van der Waals surface area contributed by atoms with E-state index >= 15 is 0 Å². The van der Waals surface area contributed by atoms with Crippen LogP contribution in [0.15, 0.2) is 16.7 Å². The maximum absolute atomic E-state index is 10.7. The van der Waals surface area contributed by atoms with Crippen LogP contribution in [-0.2, 0) is 6.54 Å². The second kappa shape index (κ2) is 5.27. The lowest BCUT2D eigenvalue weighted by atomic mass is 10.3. The standard InChI is InChI=1S/C9H11N7O3/c1-5-12-9(15-19-5)4-11-7-2-6(16(17)18)3-8(13-7)14-10/h2-3H,4,10H2,1H3,(H2,11,13,14). The largest absolute Gasteiger partial charge is 0.362 e. The van der Waals surface area contributed by atoms with Crippen LogP contribution in [0.2, 0.25) is 0 Å². The minimum atomic E-state index is -0.536. The third-order valence-corrected chi connectivity index (χ3v) is 2.17. The van der Waals surface area contributed by atoms with Gasteiger partial charge in [0.05, 0.1) is 23.6 Å². The Bertz CT molecular complexity index is 597. The topological polar surface area (TPSA) is 145 Å². The van der Waals surface area contributed by atoms with E-state index in [1.807, 2.05) is 0 Å². The number of rotatable bonds is 5. The molecule has 2 heterocycles. The minimum Gasteiger partial charge on any atom is -0.362 e. The van der Waals surface area contributed by atoms with Gasteiger partial charge in [0.1, 0.15) is 11.6 Å². The Hall–Kier alpha value is -2.75. The molecular weight excluding hydrogens is 254 g/mol. The van der Waals surface area contributed by atoms with Crippen molar-refractivity contribution in [2.45, 2.75) is 13.5 Å². The Morgan fingerprint density at radius 2 is 2.16 bits per heavy atom. The van der Waals surface area contributed by atoms with Crippen molar-refractivity contribution in [3.8, 4) is 0 Å². The number of nitrogens with two attached hydrogens (primary N) is 1. The van der Waals surface area contributed by atoms with E-state index in [1.54, 1.807) is 6.92 Å². The lowest BCUT2D eigenvalue weighted by molar-refractivity contribution is -0.384. The number of aryl methyl sites for hydroxylation is 1. The van der Waals surface area contributed by atoms with Gasteiger partial charge >= 0.3 is 0 Å². The third-order valence-electron chi connectivity index (χ3n) is 2.17. The molecule has 0 radical (unpaired) electrons. The molecule has 0 bridgehead atoms. The van der Waals surface area contributed by atoms with Gasteiger partial charge in [0, 0.05) is 6.92 Å². The number of hydrazine groups is 1. The molecule has 0 saturated carbocycles. The number of nitrogens with zero attached hydrogens (tertiary/aromatic N) is 4. The Balaban J connectivity index is 2.15. The van der Waals surface area contributed by atoms with Crippen molar-refractivity contribution in [1.29, 1.82) is 0 Å². The lowest BCUT2D eigenvalue weighted by Gasteiger charge is -2.05. The number of hydrogen-bond acceptors (Lipinski definition) is 9. The van der Waals surface area contributed by atoms with Crippen molar-refractivity contribution < 1.29 is 9.45 Å². The first-order valence-corrected chi connectivity index (χ1v) is 5.24. The first-order valence-electron chi connectivity index (χ1n) is 5.24. The molecule has 0 spiro atoms. The minimum absolute atomic E-state index is 0.130. The van der Waals surface area contributed by atoms with Crippen molar-refractivity contribution in [3.63, 3.8) is 0 Å². The summed E-state index contributed by atoms with van der Waals surface area (Å²) < 4.78 is 4.80. The molecule has 19 heavy (non-hydrogen) atoms. The summed E-state index contributed by atoms with van der Waals surface area (Å²) in [5, 5.41) is 17.3. The maximum atomic E-state index is 10.7. The lowest BCUT2D eigenvalue weighted by Crippen LogP contribution is -2.11. The van der Waals surface area contributed by atoms with Crippen LogP contribution >= 0.6 is 0 Å². The number of aromatic nitrogens is 3. The first-order chi connectivity index (χ1) is 9.08. The summed E-state index contributed by atoms with van der Waals surface area (Å²) in [7, 11) is 0. The van der Waals surface area contributed by atoms with E-state index in [0.29, 0.717) is 11.7 Å². The van der Waals surface area contributed by atoms with Gasteiger partial charge in [-0.05, 0) is 0 Å². The van der Waals surface area contributed by atoms with Crippen LogP contribution in [0.25, 0.3) is 0 Å². The molecule has 2 aromatic heterocycles. The number of nitrogens with one attached hydrogen (secondary N) is 2. The molecule has 100 valence electrons. The van der Waals surface area contributed by atoms with Crippen LogP contribution < -0.4 is 16.6 Å². The number of anilines is 2. The predicted molar refractivity (Wildman–Crippen MR) is 65.1 cm³/mol. The second-order valence-corrected chi connectivity index (χ2v) is 3.58. The molecule has 0 aliphatic rings. The summed E-state index contributed by atoms with van der Waals surface area (Å²) in [6, 6.07) is 2.51. The Morgan fingerprint density at radius 3 is 2.74 bits per heavy atom. The SMILES string of the molecule is Cc1nc(CNc2cc([N+](=O)[O-])cc(NN)n2)no1. The number of nitro groups is 1. The molecule has 2 rings (SSSR count). The predicted octanol–water partition coefficient (Wildman–Crippen LogP) is 0.579. The third kappa shape index (κ3) is 3.13. The summed E-state index contributed by atoms with van der Waals surface area (Å²) in [4.78, 5) is 18.2. The van der Waals surface area contributed by atoms with E-state index in [0.717, 1.165) is 0 Å². The molecule has 0 aliphatic heterocycles. The van der Waals surface area contributed by atoms with E-state index in [4.69, 9.17) is 10.4 Å². The van der Waals surface area contributed by atoms with Crippen LogP contribution in [0.1, 0.15) is 11.7 Å². The molecule has 0 amide bonds. The highest BCUT2D eigenvalue weighted by molar-refractivity contribution is 5.54. The van der Waals surface area contributed by atoms with E-state index in [9.17, 15) is 10.1 Å². The molecule has 2 aromatic rings. The van der Waals surface area contributed by atoms with Gasteiger partial charge in [-0.15, -0.1) is 0 Å². The van der Waals surface area contributed by atoms with Gasteiger partial charge < -0.3 is 15.3 Å². The monoisotopic (exact) mass is 265 g/mol. The van der Waals surface area contributed by atoms with E-state index in [-0.39, 0.29) is 23.9 Å². The van der Waals surface area contributed by atoms with Crippen molar-refractivity contribution >= 4 is 17.3 Å². The molecule has 4 N–H and O–H groups in total. The van der Waals surface area contributed by atoms with Crippen LogP contribution in [0.5, 0.6) is 0 Å². The zero-order valence-corrected chi connectivity index (χ0v) is 9.95.